The largest absolute Gasteiger partial charge is 0.492 e. The van der Waals surface area contributed by atoms with Crippen LogP contribution in [0.15, 0.2) is 35.1 Å². The Kier molecular flexibility index (Phi) is 6.57. The molecule has 5 heterocycles. The van der Waals surface area contributed by atoms with Crippen LogP contribution in [0, 0.1) is 5.41 Å². The SMILES string of the molecule is CCCCOc1cnc2c(c1)CN(CCNc1nc(N)n3nc(-c4ccco4)nc3c1C=N)CC2. The van der Waals surface area contributed by atoms with Gasteiger partial charge in [-0.2, -0.15) is 9.50 Å². The van der Waals surface area contributed by atoms with Crippen LogP contribution < -0.4 is 15.8 Å². The third kappa shape index (κ3) is 4.80. The van der Waals surface area contributed by atoms with Crippen molar-refractivity contribution in [2.24, 2.45) is 0 Å². The van der Waals surface area contributed by atoms with Gasteiger partial charge in [0.15, 0.2) is 11.4 Å². The van der Waals surface area contributed by atoms with Crippen molar-refractivity contribution in [3.05, 3.63) is 47.5 Å². The lowest BCUT2D eigenvalue weighted by atomic mass is 10.1. The predicted octanol–water partition coefficient (Wildman–Crippen LogP) is 3.01. The van der Waals surface area contributed by atoms with E-state index in [1.54, 1.807) is 18.4 Å². The van der Waals surface area contributed by atoms with Gasteiger partial charge in [-0.05, 0) is 30.2 Å². The Morgan fingerprint density at radius 3 is 3.06 bits per heavy atom. The zero-order valence-electron chi connectivity index (χ0n) is 19.7. The van der Waals surface area contributed by atoms with Crippen LogP contribution in [-0.4, -0.2) is 61.9 Å². The molecule has 1 aliphatic heterocycles. The van der Waals surface area contributed by atoms with Gasteiger partial charge in [-0.1, -0.05) is 13.3 Å². The van der Waals surface area contributed by atoms with Gasteiger partial charge in [0.05, 0.1) is 24.6 Å². The van der Waals surface area contributed by atoms with Crippen LogP contribution in [0.3, 0.4) is 0 Å². The minimum absolute atomic E-state index is 0.187. The normalized spacial score (nSPS) is 13.6. The van der Waals surface area contributed by atoms with Gasteiger partial charge in [-0.25, -0.2) is 4.98 Å². The molecule has 11 heteroatoms. The summed E-state index contributed by atoms with van der Waals surface area (Å²) in [5, 5.41) is 15.6. The first-order chi connectivity index (χ1) is 17.2. The summed E-state index contributed by atoms with van der Waals surface area (Å²) in [5.41, 5.74) is 9.47. The van der Waals surface area contributed by atoms with Crippen LogP contribution in [0.4, 0.5) is 11.8 Å². The van der Waals surface area contributed by atoms with E-state index in [-0.39, 0.29) is 5.95 Å². The van der Waals surface area contributed by atoms with E-state index < -0.39 is 0 Å². The van der Waals surface area contributed by atoms with Crippen molar-refractivity contribution in [1.82, 2.24) is 29.5 Å². The van der Waals surface area contributed by atoms with Gasteiger partial charge >= 0.3 is 0 Å². The average molecular weight is 476 g/mol. The molecule has 1 aliphatic rings. The van der Waals surface area contributed by atoms with Crippen molar-refractivity contribution in [1.29, 1.82) is 5.41 Å². The number of fused-ring (bicyclic) bond motifs is 2. The van der Waals surface area contributed by atoms with E-state index in [2.05, 4.69) is 43.3 Å². The summed E-state index contributed by atoms with van der Waals surface area (Å²) in [6.45, 7) is 6.05. The number of rotatable bonds is 10. The molecule has 4 N–H and O–H groups in total. The molecule has 0 radical (unpaired) electrons. The van der Waals surface area contributed by atoms with Crippen LogP contribution in [0.2, 0.25) is 0 Å². The number of nitrogen functional groups attached to an aromatic ring is 1. The van der Waals surface area contributed by atoms with Crippen molar-refractivity contribution in [2.75, 3.05) is 37.3 Å². The lowest BCUT2D eigenvalue weighted by Gasteiger charge is -2.28. The van der Waals surface area contributed by atoms with Crippen molar-refractivity contribution in [3.8, 4) is 17.3 Å². The molecule has 0 saturated carbocycles. The lowest BCUT2D eigenvalue weighted by Crippen LogP contribution is -2.34. The average Bonchev–Trinajstić information content (AvgIpc) is 3.55. The molecule has 0 atom stereocenters. The molecular formula is C24H29N9O2. The maximum Gasteiger partial charge on any atom is 0.225 e. The Bertz CT molecular complexity index is 1320. The Morgan fingerprint density at radius 1 is 1.34 bits per heavy atom. The summed E-state index contributed by atoms with van der Waals surface area (Å²) >= 11 is 0. The fourth-order valence-corrected chi connectivity index (χ4v) is 4.15. The monoisotopic (exact) mass is 475 g/mol. The number of ether oxygens (including phenoxy) is 1. The second kappa shape index (κ2) is 10.1. The molecule has 11 nitrogen and oxygen atoms in total. The highest BCUT2D eigenvalue weighted by molar-refractivity contribution is 5.93. The molecule has 5 rings (SSSR count). The van der Waals surface area contributed by atoms with Crippen molar-refractivity contribution in [2.45, 2.75) is 32.7 Å². The minimum atomic E-state index is 0.187. The molecule has 0 bridgehead atoms. The van der Waals surface area contributed by atoms with Gasteiger partial charge < -0.3 is 25.6 Å². The van der Waals surface area contributed by atoms with E-state index >= 15 is 0 Å². The van der Waals surface area contributed by atoms with Gasteiger partial charge in [-0.3, -0.25) is 9.88 Å². The third-order valence-corrected chi connectivity index (χ3v) is 6.01. The highest BCUT2D eigenvalue weighted by atomic mass is 16.5. The number of unbranched alkanes of at least 4 members (excludes halogenated alkanes) is 1. The quantitative estimate of drug-likeness (QED) is 0.233. The van der Waals surface area contributed by atoms with Gasteiger partial charge in [0.1, 0.15) is 11.6 Å². The molecule has 0 aromatic carbocycles. The maximum absolute atomic E-state index is 7.93. The van der Waals surface area contributed by atoms with E-state index in [0.29, 0.717) is 35.2 Å². The number of nitrogens with two attached hydrogens (primary N) is 1. The molecular weight excluding hydrogens is 446 g/mol. The smallest absolute Gasteiger partial charge is 0.225 e. The van der Waals surface area contributed by atoms with E-state index in [1.165, 1.54) is 16.3 Å². The highest BCUT2D eigenvalue weighted by Crippen LogP contribution is 2.24. The third-order valence-electron chi connectivity index (χ3n) is 6.01. The number of nitrogens with one attached hydrogen (secondary N) is 2. The molecule has 0 saturated heterocycles. The first-order valence-corrected chi connectivity index (χ1v) is 11.8. The molecule has 0 aliphatic carbocycles. The maximum atomic E-state index is 7.93. The Morgan fingerprint density at radius 2 is 2.26 bits per heavy atom. The zero-order chi connectivity index (χ0) is 24.2. The summed E-state index contributed by atoms with van der Waals surface area (Å²) in [7, 11) is 0. The van der Waals surface area contributed by atoms with Crippen LogP contribution in [0.5, 0.6) is 5.75 Å². The zero-order valence-corrected chi connectivity index (χ0v) is 19.7. The molecule has 0 fully saturated rings. The fourth-order valence-electron chi connectivity index (χ4n) is 4.15. The predicted molar refractivity (Wildman–Crippen MR) is 133 cm³/mol. The van der Waals surface area contributed by atoms with Gasteiger partial charge in [-0.15, -0.1) is 5.10 Å². The Labute approximate surface area is 202 Å². The van der Waals surface area contributed by atoms with Gasteiger partial charge in [0.25, 0.3) is 0 Å². The van der Waals surface area contributed by atoms with Crippen LogP contribution in [-0.2, 0) is 13.0 Å². The number of hydrogen-bond donors (Lipinski definition) is 3. The molecule has 0 unspecified atom stereocenters. The lowest BCUT2D eigenvalue weighted by molar-refractivity contribution is 0.259. The fraction of sp³-hybridized carbons (Fsp3) is 0.375. The molecule has 4 aromatic rings. The number of aromatic nitrogens is 5. The summed E-state index contributed by atoms with van der Waals surface area (Å²) in [6.07, 6.45) is 7.65. The number of anilines is 2. The Hall–Kier alpha value is -3.99. The summed E-state index contributed by atoms with van der Waals surface area (Å²) in [5.74, 6) is 2.45. The van der Waals surface area contributed by atoms with E-state index in [9.17, 15) is 0 Å². The van der Waals surface area contributed by atoms with E-state index in [0.717, 1.165) is 56.9 Å². The highest BCUT2D eigenvalue weighted by Gasteiger charge is 2.20. The molecule has 4 aromatic heterocycles. The second-order valence-corrected chi connectivity index (χ2v) is 8.46. The van der Waals surface area contributed by atoms with Crippen LogP contribution in [0.25, 0.3) is 17.2 Å². The summed E-state index contributed by atoms with van der Waals surface area (Å²) in [4.78, 5) is 15.9. The second-order valence-electron chi connectivity index (χ2n) is 8.46. The first kappa shape index (κ1) is 22.8. The topological polar surface area (TPSA) is 143 Å². The molecule has 0 amide bonds. The number of furan rings is 1. The number of pyridine rings is 1. The molecule has 0 spiro atoms. The standard InChI is InChI=1S/C24H29N9O2/c1-2-3-10-34-17-12-16-15-32(8-6-19(16)28-14-17)9-7-27-21-18(13-25)23-29-22(20-5-4-11-35-20)31-33(23)24(26)30-21/h4-5,11-14,25,27H,2-3,6-10,15H2,1H3,(H2,26,30). The first-order valence-electron chi connectivity index (χ1n) is 11.8. The van der Waals surface area contributed by atoms with E-state index in [4.69, 9.17) is 20.3 Å². The van der Waals surface area contributed by atoms with Gasteiger partial charge in [0, 0.05) is 44.5 Å². The summed E-state index contributed by atoms with van der Waals surface area (Å²) in [6, 6.07) is 5.65. The van der Waals surface area contributed by atoms with Crippen LogP contribution in [0.1, 0.15) is 36.6 Å². The molecule has 182 valence electrons. The van der Waals surface area contributed by atoms with Crippen molar-refractivity contribution < 1.29 is 9.15 Å². The number of hydrogen-bond acceptors (Lipinski definition) is 10. The van der Waals surface area contributed by atoms with E-state index in [1.807, 2.05) is 6.20 Å². The van der Waals surface area contributed by atoms with Crippen molar-refractivity contribution >= 4 is 23.6 Å². The van der Waals surface area contributed by atoms with Crippen LogP contribution >= 0.6 is 0 Å². The minimum Gasteiger partial charge on any atom is -0.492 e. The Balaban J connectivity index is 1.25. The molecule has 35 heavy (non-hydrogen) atoms. The van der Waals surface area contributed by atoms with Crippen molar-refractivity contribution in [3.63, 3.8) is 0 Å². The summed E-state index contributed by atoms with van der Waals surface area (Å²) < 4.78 is 12.7. The number of nitrogens with zero attached hydrogens (tertiary/aromatic N) is 6. The van der Waals surface area contributed by atoms with Gasteiger partial charge in [0.2, 0.25) is 11.8 Å².